The van der Waals surface area contributed by atoms with Crippen molar-refractivity contribution in [2.24, 2.45) is 0 Å². The molecule has 0 aliphatic heterocycles. The number of nitrogens with one attached hydrogen (secondary N) is 1. The first-order chi connectivity index (χ1) is 8.95. The summed E-state index contributed by atoms with van der Waals surface area (Å²) in [6.07, 6.45) is 2.21. The number of benzene rings is 1. The van der Waals surface area contributed by atoms with Crippen LogP contribution in [0.25, 0.3) is 0 Å². The van der Waals surface area contributed by atoms with Gasteiger partial charge in [0.05, 0.1) is 23.8 Å². The van der Waals surface area contributed by atoms with Crippen LogP contribution in [0.1, 0.15) is 6.42 Å². The van der Waals surface area contributed by atoms with Crippen LogP contribution in [-0.4, -0.2) is 34.8 Å². The zero-order valence-corrected chi connectivity index (χ0v) is 11.5. The van der Waals surface area contributed by atoms with Gasteiger partial charge in [0.2, 0.25) is 0 Å². The van der Waals surface area contributed by atoms with Gasteiger partial charge < -0.3 is 10.1 Å². The van der Waals surface area contributed by atoms with E-state index in [0.29, 0.717) is 18.7 Å². The predicted molar refractivity (Wildman–Crippen MR) is 71.6 cm³/mol. The summed E-state index contributed by atoms with van der Waals surface area (Å²) in [5, 5.41) is 13.5. The van der Waals surface area contributed by atoms with Gasteiger partial charge in [0.1, 0.15) is 0 Å². The van der Waals surface area contributed by atoms with Crippen LogP contribution in [0.4, 0.5) is 15.8 Å². The van der Waals surface area contributed by atoms with Crippen molar-refractivity contribution < 1.29 is 18.3 Å². The maximum absolute atomic E-state index is 13.6. The lowest BCUT2D eigenvalue weighted by Gasteiger charge is -2.09. The van der Waals surface area contributed by atoms with Crippen LogP contribution in [-0.2, 0) is 10.8 Å². The van der Waals surface area contributed by atoms with Crippen molar-refractivity contribution in [1.29, 1.82) is 0 Å². The van der Waals surface area contributed by atoms with E-state index in [1.807, 2.05) is 0 Å². The second kappa shape index (κ2) is 7.03. The van der Waals surface area contributed by atoms with Crippen molar-refractivity contribution in [3.8, 4) is 5.75 Å². The molecule has 8 heteroatoms. The Kier molecular flexibility index (Phi) is 5.68. The van der Waals surface area contributed by atoms with Crippen LogP contribution >= 0.6 is 0 Å². The van der Waals surface area contributed by atoms with Crippen molar-refractivity contribution in [3.05, 3.63) is 28.1 Å². The van der Waals surface area contributed by atoms with Crippen LogP contribution < -0.4 is 10.1 Å². The van der Waals surface area contributed by atoms with Crippen molar-refractivity contribution in [2.75, 3.05) is 31.0 Å². The highest BCUT2D eigenvalue weighted by atomic mass is 32.2. The molecule has 6 nitrogen and oxygen atoms in total. The molecule has 1 atom stereocenters. The molecular weight excluding hydrogens is 275 g/mol. The highest BCUT2D eigenvalue weighted by molar-refractivity contribution is 7.84. The fourth-order valence-electron chi connectivity index (χ4n) is 1.48. The number of nitrogens with zero attached hydrogens (tertiary/aromatic N) is 1. The molecule has 1 unspecified atom stereocenters. The number of methoxy groups -OCH3 is 1. The van der Waals surface area contributed by atoms with Crippen molar-refractivity contribution in [2.45, 2.75) is 6.42 Å². The minimum atomic E-state index is -0.892. The number of nitro groups is 1. The fraction of sp³-hybridized carbons (Fsp3) is 0.455. The smallest absolute Gasteiger partial charge is 0.313 e. The molecule has 0 aliphatic carbocycles. The van der Waals surface area contributed by atoms with Crippen molar-refractivity contribution >= 4 is 22.2 Å². The number of ether oxygens (including phenoxy) is 1. The van der Waals surface area contributed by atoms with Crippen LogP contribution in [0.2, 0.25) is 0 Å². The molecule has 1 aromatic rings. The Hall–Kier alpha value is -1.70. The summed E-state index contributed by atoms with van der Waals surface area (Å²) in [5.41, 5.74) is -0.287. The SMILES string of the molecule is COc1cc(NCCCS(C)=O)c(F)cc1[N+](=O)[O-]. The van der Waals surface area contributed by atoms with E-state index in [1.165, 1.54) is 13.2 Å². The molecule has 106 valence electrons. The second-order valence-electron chi connectivity index (χ2n) is 3.82. The number of rotatable bonds is 7. The molecule has 0 aliphatic rings. The van der Waals surface area contributed by atoms with Gasteiger partial charge in [-0.2, -0.15) is 0 Å². The van der Waals surface area contributed by atoms with Gasteiger partial charge in [-0.25, -0.2) is 4.39 Å². The third-order valence-electron chi connectivity index (χ3n) is 2.39. The van der Waals surface area contributed by atoms with E-state index in [0.717, 1.165) is 6.07 Å². The summed E-state index contributed by atoms with van der Waals surface area (Å²) in [7, 11) is 0.390. The minimum absolute atomic E-state index is 0.00651. The van der Waals surface area contributed by atoms with Crippen LogP contribution in [0.5, 0.6) is 5.75 Å². The van der Waals surface area contributed by atoms with Gasteiger partial charge in [-0.3, -0.25) is 14.3 Å². The van der Waals surface area contributed by atoms with E-state index in [-0.39, 0.29) is 11.4 Å². The summed E-state index contributed by atoms with van der Waals surface area (Å²) in [6, 6.07) is 2.06. The molecule has 0 fully saturated rings. The minimum Gasteiger partial charge on any atom is -0.490 e. The Morgan fingerprint density at radius 2 is 2.21 bits per heavy atom. The molecular formula is C11H15FN2O4S. The monoisotopic (exact) mass is 290 g/mol. The maximum atomic E-state index is 13.6. The summed E-state index contributed by atoms with van der Waals surface area (Å²) < 4.78 is 29.3. The van der Waals surface area contributed by atoms with E-state index in [2.05, 4.69) is 5.32 Å². The lowest BCUT2D eigenvalue weighted by Crippen LogP contribution is -2.08. The summed E-state index contributed by atoms with van der Waals surface area (Å²) in [6.45, 7) is 0.428. The molecule has 0 amide bonds. The number of halogens is 1. The number of nitro benzene ring substituents is 1. The fourth-order valence-corrected chi connectivity index (χ4v) is 2.03. The largest absolute Gasteiger partial charge is 0.490 e. The molecule has 0 bridgehead atoms. The molecule has 1 rings (SSSR count). The Balaban J connectivity index is 2.79. The molecule has 0 heterocycles. The normalized spacial score (nSPS) is 11.9. The van der Waals surface area contributed by atoms with Crippen molar-refractivity contribution in [3.63, 3.8) is 0 Å². The van der Waals surface area contributed by atoms with Crippen LogP contribution in [0.15, 0.2) is 12.1 Å². The zero-order valence-electron chi connectivity index (χ0n) is 10.6. The summed E-state index contributed by atoms with van der Waals surface area (Å²) in [4.78, 5) is 9.98. The zero-order chi connectivity index (χ0) is 14.4. The molecule has 1 aromatic carbocycles. The second-order valence-corrected chi connectivity index (χ2v) is 5.37. The van der Waals surface area contributed by atoms with Gasteiger partial charge in [0.15, 0.2) is 11.6 Å². The first kappa shape index (κ1) is 15.4. The molecule has 0 saturated heterocycles. The van der Waals surface area contributed by atoms with Crippen LogP contribution in [0.3, 0.4) is 0 Å². The molecule has 0 saturated carbocycles. The summed E-state index contributed by atoms with van der Waals surface area (Å²) >= 11 is 0. The average molecular weight is 290 g/mol. The Labute approximate surface area is 112 Å². The molecule has 0 spiro atoms. The van der Waals surface area contributed by atoms with Gasteiger partial charge in [-0.05, 0) is 6.42 Å². The van der Waals surface area contributed by atoms with E-state index < -0.39 is 27.2 Å². The van der Waals surface area contributed by atoms with E-state index >= 15 is 0 Å². The van der Waals surface area contributed by atoms with E-state index in [4.69, 9.17) is 4.74 Å². The predicted octanol–water partition coefficient (Wildman–Crippen LogP) is 1.92. The quantitative estimate of drug-likeness (QED) is 0.471. The van der Waals surface area contributed by atoms with Crippen LogP contribution in [0, 0.1) is 15.9 Å². The van der Waals surface area contributed by atoms with E-state index in [9.17, 15) is 18.7 Å². The van der Waals surface area contributed by atoms with Gasteiger partial charge in [0, 0.05) is 35.4 Å². The molecule has 19 heavy (non-hydrogen) atoms. The molecule has 0 radical (unpaired) electrons. The Morgan fingerprint density at radius 1 is 1.53 bits per heavy atom. The molecule has 1 N–H and O–H groups in total. The lowest BCUT2D eigenvalue weighted by atomic mass is 10.2. The highest BCUT2D eigenvalue weighted by Gasteiger charge is 2.18. The van der Waals surface area contributed by atoms with Gasteiger partial charge in [-0.15, -0.1) is 0 Å². The van der Waals surface area contributed by atoms with E-state index in [1.54, 1.807) is 6.26 Å². The topological polar surface area (TPSA) is 81.5 Å². The Morgan fingerprint density at radius 3 is 2.74 bits per heavy atom. The number of hydrogen-bond donors (Lipinski definition) is 1. The highest BCUT2D eigenvalue weighted by Crippen LogP contribution is 2.32. The first-order valence-electron chi connectivity index (χ1n) is 5.51. The number of hydrogen-bond acceptors (Lipinski definition) is 5. The Bertz CT molecular complexity index is 496. The molecule has 0 aromatic heterocycles. The third-order valence-corrected chi connectivity index (χ3v) is 3.25. The average Bonchev–Trinajstić information content (AvgIpc) is 2.35. The number of anilines is 1. The van der Waals surface area contributed by atoms with Gasteiger partial charge >= 0.3 is 5.69 Å². The van der Waals surface area contributed by atoms with Crippen molar-refractivity contribution in [1.82, 2.24) is 0 Å². The van der Waals surface area contributed by atoms with Gasteiger partial charge in [-0.1, -0.05) is 0 Å². The third kappa shape index (κ3) is 4.47. The van der Waals surface area contributed by atoms with Gasteiger partial charge in [0.25, 0.3) is 0 Å². The maximum Gasteiger partial charge on any atom is 0.313 e. The summed E-state index contributed by atoms with van der Waals surface area (Å²) in [5.74, 6) is -0.211. The standard InChI is InChI=1S/C11H15FN2O4S/c1-18-11-7-9(13-4-3-5-19(2)17)8(12)6-10(11)14(15)16/h6-7,13H,3-5H2,1-2H3. The lowest BCUT2D eigenvalue weighted by molar-refractivity contribution is -0.385. The first-order valence-corrected chi connectivity index (χ1v) is 7.24.